The summed E-state index contributed by atoms with van der Waals surface area (Å²) in [6.07, 6.45) is -8.19. The Morgan fingerprint density at radius 3 is 2.10 bits per heavy atom. The zero-order valence-corrected chi connectivity index (χ0v) is 17.6. The zero-order valence-electron chi connectivity index (χ0n) is 17.6. The van der Waals surface area contributed by atoms with Crippen LogP contribution < -0.4 is 4.90 Å². The van der Waals surface area contributed by atoms with Crippen molar-refractivity contribution in [2.24, 2.45) is 0 Å². The van der Waals surface area contributed by atoms with Crippen LogP contribution in [0.2, 0.25) is 0 Å². The Balaban J connectivity index is 2.27. The molecule has 0 aliphatic heterocycles. The third kappa shape index (κ3) is 4.24. The number of halogens is 6. The summed E-state index contributed by atoms with van der Waals surface area (Å²) < 4.78 is 87.4. The summed E-state index contributed by atoms with van der Waals surface area (Å²) in [5.41, 5.74) is -1.65. The predicted octanol–water partition coefficient (Wildman–Crippen LogP) is 6.88. The molecule has 3 rings (SSSR count). The van der Waals surface area contributed by atoms with E-state index in [-0.39, 0.29) is 23.2 Å². The van der Waals surface area contributed by atoms with Crippen LogP contribution in [0.5, 0.6) is 0 Å². The third-order valence-electron chi connectivity index (χ3n) is 4.99. The Morgan fingerprint density at radius 2 is 1.58 bits per heavy atom. The third-order valence-corrected chi connectivity index (χ3v) is 4.99. The average Bonchev–Trinajstić information content (AvgIpc) is 3.12. The molecule has 4 nitrogen and oxygen atoms in total. The summed E-state index contributed by atoms with van der Waals surface area (Å²) in [5.74, 6) is 0.141. The van der Waals surface area contributed by atoms with Gasteiger partial charge in [-0.05, 0) is 38.8 Å². The fraction of sp³-hybridized carbons (Fsp3) is 0.476. The van der Waals surface area contributed by atoms with Crippen LogP contribution in [0.15, 0.2) is 22.6 Å². The van der Waals surface area contributed by atoms with Gasteiger partial charge in [0.1, 0.15) is 17.1 Å². The molecule has 0 bridgehead atoms. The van der Waals surface area contributed by atoms with Crippen molar-refractivity contribution in [3.8, 4) is 11.3 Å². The lowest BCUT2D eigenvalue weighted by molar-refractivity contribution is -0.142. The van der Waals surface area contributed by atoms with Crippen LogP contribution in [0.4, 0.5) is 32.0 Å². The van der Waals surface area contributed by atoms with Gasteiger partial charge in [-0.3, -0.25) is 0 Å². The largest absolute Gasteiger partial charge is 0.440 e. The van der Waals surface area contributed by atoms with Gasteiger partial charge in [0.25, 0.3) is 0 Å². The van der Waals surface area contributed by atoms with Crippen molar-refractivity contribution in [3.05, 3.63) is 40.8 Å². The quantitative estimate of drug-likeness (QED) is 0.387. The van der Waals surface area contributed by atoms with Gasteiger partial charge in [0.05, 0.1) is 16.8 Å². The van der Waals surface area contributed by atoms with Crippen LogP contribution in [0.25, 0.3) is 17.0 Å². The Kier molecular flexibility index (Phi) is 6.03. The molecule has 0 saturated heterocycles. The number of hydrogen-bond donors (Lipinski definition) is 0. The highest BCUT2D eigenvalue weighted by molar-refractivity contribution is 5.77. The Hall–Kier alpha value is -2.65. The van der Waals surface area contributed by atoms with E-state index < -0.39 is 29.0 Å². The number of oxazole rings is 1. The second-order valence-electron chi connectivity index (χ2n) is 7.40. The lowest BCUT2D eigenvalue weighted by atomic mass is 10.00. The molecule has 0 N–H and O–H groups in total. The van der Waals surface area contributed by atoms with Crippen molar-refractivity contribution in [3.63, 3.8) is 0 Å². The summed E-state index contributed by atoms with van der Waals surface area (Å²) >= 11 is 0. The number of fused-ring (bicyclic) bond motifs is 1. The molecule has 2 heterocycles. The first-order valence-corrected chi connectivity index (χ1v) is 9.92. The molecule has 170 valence electrons. The molecule has 0 fully saturated rings. The van der Waals surface area contributed by atoms with Crippen molar-refractivity contribution in [1.29, 1.82) is 0 Å². The van der Waals surface area contributed by atoms with Crippen LogP contribution in [0, 0.1) is 13.8 Å². The highest BCUT2D eigenvalue weighted by atomic mass is 19.4. The first kappa shape index (κ1) is 23.0. The molecular weight excluding hydrogens is 424 g/mol. The van der Waals surface area contributed by atoms with E-state index in [0.717, 1.165) is 18.9 Å². The van der Waals surface area contributed by atoms with E-state index in [1.54, 1.807) is 6.92 Å². The standard InChI is InChI=1S/C21H23F6N3O/c1-5-9-29(10-6-2)17-12(3)28-30-18(13(4)31-19(17)30)15-8-7-14(20(22,23)24)11-16(15)21(25,26)27/h7-8,11H,5-6,9-10H2,1-4H3. The molecule has 0 aliphatic carbocycles. The molecule has 2 aromatic heterocycles. The van der Waals surface area contributed by atoms with Gasteiger partial charge in [0, 0.05) is 18.7 Å². The molecule has 0 saturated carbocycles. The fourth-order valence-corrected chi connectivity index (χ4v) is 3.79. The van der Waals surface area contributed by atoms with E-state index >= 15 is 0 Å². The monoisotopic (exact) mass is 447 g/mol. The normalized spacial score (nSPS) is 12.7. The minimum atomic E-state index is -4.99. The lowest BCUT2D eigenvalue weighted by Gasteiger charge is -2.22. The highest BCUT2D eigenvalue weighted by Crippen LogP contribution is 2.43. The van der Waals surface area contributed by atoms with Crippen molar-refractivity contribution in [2.75, 3.05) is 18.0 Å². The van der Waals surface area contributed by atoms with Crippen LogP contribution in [0.1, 0.15) is 49.3 Å². The Morgan fingerprint density at radius 1 is 0.968 bits per heavy atom. The van der Waals surface area contributed by atoms with E-state index in [2.05, 4.69) is 10.00 Å². The minimum Gasteiger partial charge on any atom is -0.440 e. The maximum absolute atomic E-state index is 13.7. The highest BCUT2D eigenvalue weighted by Gasteiger charge is 2.39. The number of aromatic nitrogens is 2. The molecule has 0 aliphatic rings. The van der Waals surface area contributed by atoms with Gasteiger partial charge in [-0.1, -0.05) is 19.9 Å². The Bertz CT molecular complexity index is 1070. The van der Waals surface area contributed by atoms with Gasteiger partial charge in [0.15, 0.2) is 0 Å². The van der Waals surface area contributed by atoms with E-state index in [9.17, 15) is 26.3 Å². The van der Waals surface area contributed by atoms with Crippen LogP contribution in [-0.2, 0) is 12.4 Å². The zero-order chi connectivity index (χ0) is 23.1. The number of anilines is 1. The number of rotatable bonds is 6. The molecular formula is C21H23F6N3O. The van der Waals surface area contributed by atoms with Gasteiger partial charge < -0.3 is 9.32 Å². The molecule has 0 unspecified atom stereocenters. The summed E-state index contributed by atoms with van der Waals surface area (Å²) in [6.45, 7) is 8.64. The molecule has 1 aromatic carbocycles. The van der Waals surface area contributed by atoms with Gasteiger partial charge >= 0.3 is 12.4 Å². The maximum atomic E-state index is 13.7. The van der Waals surface area contributed by atoms with Crippen molar-refractivity contribution in [1.82, 2.24) is 9.61 Å². The van der Waals surface area contributed by atoms with Gasteiger partial charge in [-0.2, -0.15) is 36.0 Å². The number of aryl methyl sites for hydroxylation is 2. The number of hydrogen-bond acceptors (Lipinski definition) is 3. The van der Waals surface area contributed by atoms with E-state index in [1.807, 2.05) is 13.8 Å². The van der Waals surface area contributed by atoms with Crippen molar-refractivity contribution in [2.45, 2.75) is 52.9 Å². The minimum absolute atomic E-state index is 0.0154. The van der Waals surface area contributed by atoms with E-state index in [0.29, 0.717) is 30.5 Å². The maximum Gasteiger partial charge on any atom is 0.417 e. The number of nitrogens with zero attached hydrogens (tertiary/aromatic N) is 3. The van der Waals surface area contributed by atoms with E-state index in [1.165, 1.54) is 11.4 Å². The number of alkyl halides is 6. The molecule has 0 radical (unpaired) electrons. The average molecular weight is 447 g/mol. The second kappa shape index (κ2) is 8.12. The second-order valence-corrected chi connectivity index (χ2v) is 7.40. The fourth-order valence-electron chi connectivity index (χ4n) is 3.79. The SMILES string of the molecule is CCCN(CCC)c1c(C)nn2c(-c3ccc(C(F)(F)F)cc3C(F)(F)F)c(C)oc12. The predicted molar refractivity (Wildman–Crippen MR) is 105 cm³/mol. The first-order valence-electron chi connectivity index (χ1n) is 9.92. The first-order chi connectivity index (χ1) is 14.4. The molecule has 31 heavy (non-hydrogen) atoms. The van der Waals surface area contributed by atoms with Crippen LogP contribution in [0.3, 0.4) is 0 Å². The van der Waals surface area contributed by atoms with Crippen molar-refractivity contribution >= 4 is 11.4 Å². The van der Waals surface area contributed by atoms with Crippen LogP contribution >= 0.6 is 0 Å². The molecule has 0 amide bonds. The molecule has 10 heteroatoms. The van der Waals surface area contributed by atoms with Gasteiger partial charge in [0.2, 0.25) is 5.71 Å². The summed E-state index contributed by atoms with van der Waals surface area (Å²) in [4.78, 5) is 2.06. The summed E-state index contributed by atoms with van der Waals surface area (Å²) in [5, 5.41) is 4.38. The smallest absolute Gasteiger partial charge is 0.417 e. The molecule has 0 spiro atoms. The van der Waals surface area contributed by atoms with Crippen LogP contribution in [-0.4, -0.2) is 22.7 Å². The van der Waals surface area contributed by atoms with E-state index in [4.69, 9.17) is 4.42 Å². The summed E-state index contributed by atoms with van der Waals surface area (Å²) in [7, 11) is 0. The van der Waals surface area contributed by atoms with Crippen molar-refractivity contribution < 1.29 is 30.8 Å². The van der Waals surface area contributed by atoms with Gasteiger partial charge in [-0.15, -0.1) is 0 Å². The van der Waals surface area contributed by atoms with Gasteiger partial charge in [-0.25, -0.2) is 0 Å². The number of benzene rings is 1. The topological polar surface area (TPSA) is 33.7 Å². The molecule has 0 atom stereocenters. The lowest BCUT2D eigenvalue weighted by Crippen LogP contribution is -2.25. The Labute approximate surface area is 175 Å². The summed E-state index contributed by atoms with van der Waals surface area (Å²) in [6, 6.07) is 1.60. The molecule has 3 aromatic rings.